The molecular weight excluding hydrogens is 531 g/mol. The number of benzene rings is 2. The third kappa shape index (κ3) is 4.24. The highest BCUT2D eigenvalue weighted by Crippen LogP contribution is 2.53. The number of rotatable bonds is 6. The SMILES string of the molecule is CC(=O)C1=C(O)C2(O)C(=O)C3=C(O)c4c(O)ccc(-c5ccc(NC(C)CF)cc5)c4CC3CC2C(N(C)C)C1=O. The number of Topliss-reactive ketones (excluding diaryl/α,β-unsaturated/α-hetero) is 3. The van der Waals surface area contributed by atoms with Gasteiger partial charge in [-0.2, -0.15) is 0 Å². The molecule has 216 valence electrons. The van der Waals surface area contributed by atoms with Crippen LogP contribution in [0.2, 0.25) is 0 Å². The first-order valence-corrected chi connectivity index (χ1v) is 13.5. The molecule has 2 aromatic rings. The Labute approximate surface area is 236 Å². The van der Waals surface area contributed by atoms with Gasteiger partial charge in [-0.1, -0.05) is 18.2 Å². The minimum Gasteiger partial charge on any atom is -0.508 e. The Morgan fingerprint density at radius 1 is 1.12 bits per heavy atom. The fourth-order valence-electron chi connectivity index (χ4n) is 6.69. The van der Waals surface area contributed by atoms with E-state index < -0.39 is 64.6 Å². The summed E-state index contributed by atoms with van der Waals surface area (Å²) in [7, 11) is 3.19. The summed E-state index contributed by atoms with van der Waals surface area (Å²) in [6, 6.07) is 8.94. The van der Waals surface area contributed by atoms with Crippen LogP contribution in [0.1, 0.15) is 31.4 Å². The Hall–Kier alpha value is -4.02. The van der Waals surface area contributed by atoms with E-state index in [0.29, 0.717) is 11.1 Å². The van der Waals surface area contributed by atoms with Crippen molar-refractivity contribution in [2.24, 2.45) is 11.8 Å². The number of hydrogen-bond donors (Lipinski definition) is 5. The lowest BCUT2D eigenvalue weighted by Gasteiger charge is -2.50. The highest BCUT2D eigenvalue weighted by molar-refractivity contribution is 6.25. The lowest BCUT2D eigenvalue weighted by Crippen LogP contribution is -2.65. The number of hydrogen-bond acceptors (Lipinski definition) is 9. The summed E-state index contributed by atoms with van der Waals surface area (Å²) >= 11 is 0. The quantitative estimate of drug-likeness (QED) is 0.333. The van der Waals surface area contributed by atoms with Gasteiger partial charge in [0.05, 0.1) is 17.6 Å². The van der Waals surface area contributed by atoms with Gasteiger partial charge in [-0.3, -0.25) is 19.3 Å². The zero-order valence-electron chi connectivity index (χ0n) is 23.2. The van der Waals surface area contributed by atoms with Crippen LogP contribution >= 0.6 is 0 Å². The molecule has 0 aromatic heterocycles. The van der Waals surface area contributed by atoms with Crippen molar-refractivity contribution in [1.82, 2.24) is 4.90 Å². The van der Waals surface area contributed by atoms with E-state index in [1.54, 1.807) is 39.2 Å². The van der Waals surface area contributed by atoms with Crippen LogP contribution in [-0.4, -0.2) is 81.1 Å². The number of nitrogens with one attached hydrogen (secondary N) is 1. The highest BCUT2D eigenvalue weighted by Gasteiger charge is 2.64. The summed E-state index contributed by atoms with van der Waals surface area (Å²) in [5.74, 6) is -5.97. The van der Waals surface area contributed by atoms with Crippen LogP contribution in [0, 0.1) is 11.8 Å². The Morgan fingerprint density at radius 3 is 2.37 bits per heavy atom. The molecule has 0 saturated heterocycles. The smallest absolute Gasteiger partial charge is 0.202 e. The number of ketones is 3. The number of aromatic hydroxyl groups is 1. The average molecular weight is 565 g/mol. The van der Waals surface area contributed by atoms with Crippen molar-refractivity contribution in [3.63, 3.8) is 0 Å². The molecule has 9 nitrogen and oxygen atoms in total. The van der Waals surface area contributed by atoms with Crippen LogP contribution in [-0.2, 0) is 20.8 Å². The Kier molecular flexibility index (Phi) is 7.03. The number of aliphatic hydroxyl groups excluding tert-OH is 2. The second-order valence-electron chi connectivity index (χ2n) is 11.4. The van der Waals surface area contributed by atoms with Gasteiger partial charge in [-0.15, -0.1) is 0 Å². The summed E-state index contributed by atoms with van der Waals surface area (Å²) in [4.78, 5) is 41.2. The topological polar surface area (TPSA) is 147 Å². The fraction of sp³-hybridized carbons (Fsp3) is 0.387. The maximum absolute atomic E-state index is 14.0. The number of aliphatic hydroxyl groups is 3. The second-order valence-corrected chi connectivity index (χ2v) is 11.4. The molecule has 1 saturated carbocycles. The fourth-order valence-corrected chi connectivity index (χ4v) is 6.69. The molecule has 0 bridgehead atoms. The van der Waals surface area contributed by atoms with Gasteiger partial charge in [0.2, 0.25) is 5.78 Å². The summed E-state index contributed by atoms with van der Waals surface area (Å²) in [6.45, 7) is 2.27. The van der Waals surface area contributed by atoms with E-state index in [1.165, 1.54) is 11.0 Å². The molecule has 0 heterocycles. The Bertz CT molecular complexity index is 1530. The number of phenols is 1. The van der Waals surface area contributed by atoms with E-state index in [2.05, 4.69) is 5.32 Å². The zero-order valence-corrected chi connectivity index (χ0v) is 23.2. The molecule has 3 aliphatic carbocycles. The van der Waals surface area contributed by atoms with Crippen molar-refractivity contribution >= 4 is 28.8 Å². The molecule has 0 radical (unpaired) electrons. The highest BCUT2D eigenvalue weighted by atomic mass is 19.1. The number of carbonyl (C=O) groups excluding carboxylic acids is 3. The molecule has 0 spiro atoms. The van der Waals surface area contributed by atoms with E-state index in [-0.39, 0.29) is 35.8 Å². The minimum absolute atomic E-state index is 0.0451. The van der Waals surface area contributed by atoms with Crippen LogP contribution in [0.4, 0.5) is 10.1 Å². The predicted molar refractivity (Wildman–Crippen MR) is 150 cm³/mol. The predicted octanol–water partition coefficient (Wildman–Crippen LogP) is 3.50. The first-order valence-electron chi connectivity index (χ1n) is 13.5. The van der Waals surface area contributed by atoms with Gasteiger partial charge in [0.25, 0.3) is 0 Å². The van der Waals surface area contributed by atoms with Gasteiger partial charge in [0.15, 0.2) is 17.2 Å². The van der Waals surface area contributed by atoms with Crippen molar-refractivity contribution in [1.29, 1.82) is 0 Å². The number of fused-ring (bicyclic) bond motifs is 3. The monoisotopic (exact) mass is 564 g/mol. The van der Waals surface area contributed by atoms with Crippen LogP contribution < -0.4 is 5.32 Å². The first kappa shape index (κ1) is 28.5. The van der Waals surface area contributed by atoms with Gasteiger partial charge >= 0.3 is 0 Å². The van der Waals surface area contributed by atoms with Crippen molar-refractivity contribution in [3.05, 3.63) is 64.4 Å². The van der Waals surface area contributed by atoms with E-state index in [1.807, 2.05) is 12.1 Å². The van der Waals surface area contributed by atoms with Crippen molar-refractivity contribution in [3.8, 4) is 16.9 Å². The number of phenolic OH excluding ortho intramolecular Hbond substituents is 1. The number of anilines is 1. The number of halogens is 1. The summed E-state index contributed by atoms with van der Waals surface area (Å²) in [6.07, 6.45) is 0.248. The Balaban J connectivity index is 1.65. The van der Waals surface area contributed by atoms with Gasteiger partial charge in [-0.05, 0) is 81.6 Å². The molecule has 5 rings (SSSR count). The molecule has 1 fully saturated rings. The minimum atomic E-state index is -2.60. The number of alkyl halides is 1. The molecule has 0 aliphatic heterocycles. The van der Waals surface area contributed by atoms with Crippen molar-refractivity contribution < 1.29 is 39.2 Å². The zero-order chi connectivity index (χ0) is 30.0. The summed E-state index contributed by atoms with van der Waals surface area (Å²) in [5.41, 5.74) is -0.577. The molecule has 5 N–H and O–H groups in total. The maximum Gasteiger partial charge on any atom is 0.202 e. The van der Waals surface area contributed by atoms with Crippen LogP contribution in [0.25, 0.3) is 16.9 Å². The average Bonchev–Trinajstić information content (AvgIpc) is 2.91. The van der Waals surface area contributed by atoms with E-state index in [9.17, 15) is 39.2 Å². The molecule has 2 aromatic carbocycles. The van der Waals surface area contributed by atoms with E-state index >= 15 is 0 Å². The maximum atomic E-state index is 14.0. The van der Waals surface area contributed by atoms with Crippen LogP contribution in [0.3, 0.4) is 0 Å². The van der Waals surface area contributed by atoms with Crippen molar-refractivity contribution in [2.75, 3.05) is 26.1 Å². The molecule has 10 heteroatoms. The van der Waals surface area contributed by atoms with Crippen molar-refractivity contribution in [2.45, 2.75) is 44.4 Å². The number of carbonyl (C=O) groups is 3. The van der Waals surface area contributed by atoms with Crippen LogP contribution in [0.5, 0.6) is 5.75 Å². The molecule has 41 heavy (non-hydrogen) atoms. The Morgan fingerprint density at radius 2 is 1.78 bits per heavy atom. The van der Waals surface area contributed by atoms with Crippen LogP contribution in [0.15, 0.2) is 53.3 Å². The van der Waals surface area contributed by atoms with Gasteiger partial charge < -0.3 is 25.7 Å². The molecule has 0 amide bonds. The van der Waals surface area contributed by atoms with Gasteiger partial charge in [0, 0.05) is 17.2 Å². The third-order valence-corrected chi connectivity index (χ3v) is 8.55. The molecule has 3 aliphatic rings. The molecule has 5 unspecified atom stereocenters. The lowest BCUT2D eigenvalue weighted by atomic mass is 9.57. The standard InChI is InChI=1S/C31H33FN2O7/c1-14(13-32)33-18-7-5-16(6-8-18)19-9-10-22(36)25-20(19)11-17-12-21-26(34(3)4)28(38)23(15(2)35)29(39)31(21,41)30(40)24(17)27(25)37/h5-10,14,17,21,26,33,36-37,39,41H,11-13H2,1-4H3. The van der Waals surface area contributed by atoms with Gasteiger partial charge in [-0.25, -0.2) is 4.39 Å². The number of likely N-dealkylation sites (N-methyl/N-ethyl adjacent to an activating group) is 1. The second kappa shape index (κ2) is 10.1. The summed E-state index contributed by atoms with van der Waals surface area (Å²) < 4.78 is 12.9. The third-order valence-electron chi connectivity index (χ3n) is 8.55. The van der Waals surface area contributed by atoms with E-state index in [0.717, 1.165) is 18.2 Å². The molecule has 5 atom stereocenters. The first-order chi connectivity index (χ1) is 19.3. The summed E-state index contributed by atoms with van der Waals surface area (Å²) in [5, 5.41) is 48.1. The number of nitrogens with zero attached hydrogens (tertiary/aromatic N) is 1. The van der Waals surface area contributed by atoms with E-state index in [4.69, 9.17) is 0 Å². The van der Waals surface area contributed by atoms with Gasteiger partial charge in [0.1, 0.15) is 29.5 Å². The molecular formula is C31H33FN2O7. The normalized spacial score (nSPS) is 26.5. The lowest BCUT2D eigenvalue weighted by molar-refractivity contribution is -0.153. The largest absolute Gasteiger partial charge is 0.508 e.